The van der Waals surface area contributed by atoms with Gasteiger partial charge in [-0.3, -0.25) is 0 Å². The second-order valence-corrected chi connectivity index (χ2v) is 3.81. The van der Waals surface area contributed by atoms with Gasteiger partial charge in [0.1, 0.15) is 5.54 Å². The molecule has 0 atom stereocenters. The molecule has 1 aromatic heterocycles. The summed E-state index contributed by atoms with van der Waals surface area (Å²) in [5.74, 6) is -1.09. The molecule has 0 spiro atoms. The van der Waals surface area contributed by atoms with E-state index in [1.165, 1.54) is 20.2 Å². The second-order valence-electron chi connectivity index (χ2n) is 3.81. The molecule has 7 heteroatoms. The highest BCUT2D eigenvalue weighted by Crippen LogP contribution is 2.01. The zero-order chi connectivity index (χ0) is 12.2. The van der Waals surface area contributed by atoms with Crippen LogP contribution in [0.5, 0.6) is 0 Å². The number of hydrogen-bond donors (Lipinski definition) is 4. The number of rotatable bonds is 4. The molecule has 1 heterocycles. The molecular weight excluding hydrogens is 212 g/mol. The van der Waals surface area contributed by atoms with Crippen molar-refractivity contribution in [2.24, 2.45) is 0 Å². The highest BCUT2D eigenvalue weighted by atomic mass is 16.4. The van der Waals surface area contributed by atoms with Gasteiger partial charge in [0, 0.05) is 6.20 Å². The number of H-pyrrole nitrogens is 1. The van der Waals surface area contributed by atoms with Gasteiger partial charge < -0.3 is 20.7 Å². The smallest absolute Gasteiger partial charge is 0.328 e. The lowest BCUT2D eigenvalue weighted by Gasteiger charge is -2.20. The molecule has 1 aromatic rings. The molecule has 0 bridgehead atoms. The van der Waals surface area contributed by atoms with Crippen LogP contribution >= 0.6 is 0 Å². The van der Waals surface area contributed by atoms with Crippen molar-refractivity contribution in [1.29, 1.82) is 0 Å². The topological polar surface area (TPSA) is 107 Å². The van der Waals surface area contributed by atoms with Gasteiger partial charge in [0.25, 0.3) is 0 Å². The number of urea groups is 1. The standard InChI is InChI=1S/C9H14N4O3/c1-9(2,7(14)15)13-8(16)11-4-6-3-10-5-12-6/h3,5H,4H2,1-2H3,(H,10,12)(H,14,15)(H2,11,13,16). The van der Waals surface area contributed by atoms with Gasteiger partial charge in [-0.1, -0.05) is 0 Å². The molecule has 16 heavy (non-hydrogen) atoms. The van der Waals surface area contributed by atoms with E-state index in [4.69, 9.17) is 5.11 Å². The first-order chi connectivity index (χ1) is 7.42. The van der Waals surface area contributed by atoms with Crippen LogP contribution in [-0.2, 0) is 11.3 Å². The minimum absolute atomic E-state index is 0.265. The van der Waals surface area contributed by atoms with Crippen molar-refractivity contribution in [3.05, 3.63) is 18.2 Å². The van der Waals surface area contributed by atoms with E-state index in [-0.39, 0.29) is 6.54 Å². The average Bonchev–Trinajstić information content (AvgIpc) is 2.66. The third-order valence-corrected chi connectivity index (χ3v) is 1.95. The van der Waals surface area contributed by atoms with E-state index in [2.05, 4.69) is 20.6 Å². The van der Waals surface area contributed by atoms with Crippen LogP contribution in [0.1, 0.15) is 19.5 Å². The summed E-state index contributed by atoms with van der Waals surface area (Å²) in [6.07, 6.45) is 3.07. The maximum absolute atomic E-state index is 11.3. The van der Waals surface area contributed by atoms with Crippen LogP contribution in [0.25, 0.3) is 0 Å². The summed E-state index contributed by atoms with van der Waals surface area (Å²) in [4.78, 5) is 28.7. The van der Waals surface area contributed by atoms with Crippen molar-refractivity contribution in [3.63, 3.8) is 0 Å². The fourth-order valence-electron chi connectivity index (χ4n) is 0.938. The Morgan fingerprint density at radius 3 is 2.75 bits per heavy atom. The van der Waals surface area contributed by atoms with Gasteiger partial charge in [-0.15, -0.1) is 0 Å². The Balaban J connectivity index is 2.39. The lowest BCUT2D eigenvalue weighted by atomic mass is 10.1. The molecule has 0 aliphatic heterocycles. The third-order valence-electron chi connectivity index (χ3n) is 1.95. The summed E-state index contributed by atoms with van der Waals surface area (Å²) in [5, 5.41) is 13.6. The van der Waals surface area contributed by atoms with E-state index in [0.29, 0.717) is 0 Å². The number of carboxylic acid groups (broad SMARTS) is 1. The Morgan fingerprint density at radius 2 is 2.25 bits per heavy atom. The number of nitrogens with one attached hydrogen (secondary N) is 3. The number of carbonyl (C=O) groups is 2. The van der Waals surface area contributed by atoms with E-state index >= 15 is 0 Å². The third kappa shape index (κ3) is 3.26. The van der Waals surface area contributed by atoms with Crippen LogP contribution in [0.4, 0.5) is 4.79 Å². The highest BCUT2D eigenvalue weighted by molar-refractivity contribution is 5.85. The molecule has 0 radical (unpaired) electrons. The molecule has 0 aliphatic carbocycles. The van der Waals surface area contributed by atoms with Crippen LogP contribution in [-0.4, -0.2) is 32.6 Å². The fraction of sp³-hybridized carbons (Fsp3) is 0.444. The van der Waals surface area contributed by atoms with Crippen molar-refractivity contribution in [3.8, 4) is 0 Å². The molecular formula is C9H14N4O3. The molecule has 0 aromatic carbocycles. The number of aromatic amines is 1. The number of nitrogens with zero attached hydrogens (tertiary/aromatic N) is 1. The lowest BCUT2D eigenvalue weighted by Crippen LogP contribution is -2.53. The molecule has 4 N–H and O–H groups in total. The van der Waals surface area contributed by atoms with Gasteiger partial charge in [0.15, 0.2) is 0 Å². The Kier molecular flexibility index (Phi) is 3.49. The molecule has 0 saturated heterocycles. The number of aliphatic carboxylic acids is 1. The molecule has 0 saturated carbocycles. The van der Waals surface area contributed by atoms with Gasteiger partial charge >= 0.3 is 12.0 Å². The van der Waals surface area contributed by atoms with Crippen LogP contribution in [0, 0.1) is 0 Å². The Morgan fingerprint density at radius 1 is 1.56 bits per heavy atom. The molecule has 0 aliphatic rings. The number of aromatic nitrogens is 2. The monoisotopic (exact) mass is 226 g/mol. The van der Waals surface area contributed by atoms with E-state index in [0.717, 1.165) is 5.69 Å². The Labute approximate surface area is 92.3 Å². The van der Waals surface area contributed by atoms with E-state index < -0.39 is 17.5 Å². The van der Waals surface area contributed by atoms with E-state index in [1.54, 1.807) is 6.20 Å². The summed E-state index contributed by atoms with van der Waals surface area (Å²) in [6, 6.07) is -0.540. The summed E-state index contributed by atoms with van der Waals surface area (Å²) < 4.78 is 0. The fourth-order valence-corrected chi connectivity index (χ4v) is 0.938. The first-order valence-electron chi connectivity index (χ1n) is 4.68. The van der Waals surface area contributed by atoms with Crippen molar-refractivity contribution >= 4 is 12.0 Å². The number of hydrogen-bond acceptors (Lipinski definition) is 3. The molecule has 1 rings (SSSR count). The molecule has 7 nitrogen and oxygen atoms in total. The lowest BCUT2D eigenvalue weighted by molar-refractivity contribution is -0.142. The van der Waals surface area contributed by atoms with Crippen molar-refractivity contribution in [1.82, 2.24) is 20.6 Å². The quantitative estimate of drug-likeness (QED) is 0.582. The summed E-state index contributed by atoms with van der Waals surface area (Å²) in [7, 11) is 0. The minimum atomic E-state index is -1.29. The summed E-state index contributed by atoms with van der Waals surface area (Å²) in [6.45, 7) is 3.08. The zero-order valence-corrected chi connectivity index (χ0v) is 9.07. The predicted molar refractivity (Wildman–Crippen MR) is 55.7 cm³/mol. The Bertz CT molecular complexity index is 372. The maximum atomic E-state index is 11.3. The van der Waals surface area contributed by atoms with E-state index in [1.807, 2.05) is 0 Å². The SMILES string of the molecule is CC(C)(NC(=O)NCc1cnc[nH]1)C(=O)O. The Hall–Kier alpha value is -2.05. The summed E-state index contributed by atoms with van der Waals surface area (Å²) in [5.41, 5.74) is -0.554. The molecule has 88 valence electrons. The van der Waals surface area contributed by atoms with E-state index in [9.17, 15) is 9.59 Å². The normalized spacial score (nSPS) is 10.9. The van der Waals surface area contributed by atoms with Gasteiger partial charge in [-0.25, -0.2) is 14.6 Å². The predicted octanol–water partition coefficient (Wildman–Crippen LogP) is 0.0721. The molecule has 0 fully saturated rings. The van der Waals surface area contributed by atoms with Crippen LogP contribution in [0.2, 0.25) is 0 Å². The number of carbonyl (C=O) groups excluding carboxylic acids is 1. The van der Waals surface area contributed by atoms with Crippen molar-refractivity contribution in [2.45, 2.75) is 25.9 Å². The molecule has 2 amide bonds. The highest BCUT2D eigenvalue weighted by Gasteiger charge is 2.28. The first kappa shape index (κ1) is 12.0. The van der Waals surface area contributed by atoms with Gasteiger partial charge in [0.05, 0.1) is 18.6 Å². The number of imidazole rings is 1. The first-order valence-corrected chi connectivity index (χ1v) is 4.68. The van der Waals surface area contributed by atoms with Crippen molar-refractivity contribution < 1.29 is 14.7 Å². The molecule has 0 unspecified atom stereocenters. The van der Waals surface area contributed by atoms with Gasteiger partial charge in [-0.05, 0) is 13.8 Å². The summed E-state index contributed by atoms with van der Waals surface area (Å²) >= 11 is 0. The maximum Gasteiger partial charge on any atom is 0.328 e. The number of amides is 2. The zero-order valence-electron chi connectivity index (χ0n) is 9.07. The van der Waals surface area contributed by atoms with Crippen LogP contribution in [0.15, 0.2) is 12.5 Å². The van der Waals surface area contributed by atoms with Crippen LogP contribution < -0.4 is 10.6 Å². The minimum Gasteiger partial charge on any atom is -0.480 e. The van der Waals surface area contributed by atoms with Gasteiger partial charge in [-0.2, -0.15) is 0 Å². The van der Waals surface area contributed by atoms with Crippen molar-refractivity contribution in [2.75, 3.05) is 0 Å². The second kappa shape index (κ2) is 4.65. The average molecular weight is 226 g/mol. The largest absolute Gasteiger partial charge is 0.480 e. The number of carboxylic acids is 1. The van der Waals surface area contributed by atoms with Gasteiger partial charge in [0.2, 0.25) is 0 Å². The van der Waals surface area contributed by atoms with Crippen LogP contribution in [0.3, 0.4) is 0 Å².